The molecule has 0 fully saturated rings. The molecule has 1 aromatic carbocycles. The lowest BCUT2D eigenvalue weighted by Gasteiger charge is -2.01. The molecule has 18 heavy (non-hydrogen) atoms. The SMILES string of the molecule is CNC(=O)c1nnsc1[S@@](=O)c1ccc(Cl)cc1. The van der Waals surface area contributed by atoms with Gasteiger partial charge in [0, 0.05) is 17.0 Å². The molecule has 0 aliphatic carbocycles. The number of hydrogen-bond acceptors (Lipinski definition) is 5. The molecule has 1 atom stereocenters. The van der Waals surface area contributed by atoms with Gasteiger partial charge in [0.05, 0.1) is 10.8 Å². The van der Waals surface area contributed by atoms with Crippen molar-refractivity contribution < 1.29 is 9.00 Å². The first-order valence-corrected chi connectivity index (χ1v) is 7.15. The number of benzene rings is 1. The zero-order valence-corrected chi connectivity index (χ0v) is 11.6. The van der Waals surface area contributed by atoms with Crippen LogP contribution in [0.15, 0.2) is 33.4 Å². The molecule has 8 heteroatoms. The second-order valence-corrected chi connectivity index (χ2v) is 6.08. The van der Waals surface area contributed by atoms with E-state index in [2.05, 4.69) is 14.9 Å². The predicted octanol–water partition coefficient (Wildman–Crippen LogP) is 1.72. The second-order valence-electron chi connectivity index (χ2n) is 3.21. The molecule has 2 aromatic rings. The maximum absolute atomic E-state index is 12.3. The maximum Gasteiger partial charge on any atom is 0.273 e. The molecule has 0 saturated carbocycles. The molecule has 2 rings (SSSR count). The van der Waals surface area contributed by atoms with E-state index >= 15 is 0 Å². The minimum atomic E-state index is -1.48. The number of carbonyl (C=O) groups excluding carboxylic acids is 1. The van der Waals surface area contributed by atoms with E-state index in [0.717, 1.165) is 11.5 Å². The molecule has 1 aromatic heterocycles. The Labute approximate surface area is 115 Å². The Morgan fingerprint density at radius 1 is 1.39 bits per heavy atom. The lowest BCUT2D eigenvalue weighted by atomic mass is 10.4. The largest absolute Gasteiger partial charge is 0.354 e. The maximum atomic E-state index is 12.3. The summed E-state index contributed by atoms with van der Waals surface area (Å²) in [7, 11) is -0.000833. The van der Waals surface area contributed by atoms with Crippen LogP contribution in [0, 0.1) is 0 Å². The Morgan fingerprint density at radius 2 is 2.06 bits per heavy atom. The standard InChI is InChI=1S/C10H8ClN3O2S2/c1-12-9(15)8-10(17-14-13-8)18(16)7-4-2-6(11)3-5-7/h2-5H,1H3,(H,12,15)/t18-/m0/s1. The topological polar surface area (TPSA) is 72.0 Å². The fraction of sp³-hybridized carbons (Fsp3) is 0.100. The van der Waals surface area contributed by atoms with Crippen molar-refractivity contribution in [3.05, 3.63) is 35.0 Å². The van der Waals surface area contributed by atoms with Gasteiger partial charge in [-0.1, -0.05) is 16.1 Å². The number of carbonyl (C=O) groups is 1. The first-order chi connectivity index (χ1) is 8.63. The number of nitrogens with one attached hydrogen (secondary N) is 1. The van der Waals surface area contributed by atoms with Gasteiger partial charge in [-0.25, -0.2) is 4.21 Å². The Hall–Kier alpha value is -1.31. The van der Waals surface area contributed by atoms with E-state index in [4.69, 9.17) is 11.6 Å². The number of nitrogens with zero attached hydrogens (tertiary/aromatic N) is 2. The first-order valence-electron chi connectivity index (χ1n) is 4.85. The molecular weight excluding hydrogens is 294 g/mol. The quantitative estimate of drug-likeness (QED) is 0.937. The third-order valence-corrected chi connectivity index (χ3v) is 4.78. The molecule has 0 bridgehead atoms. The van der Waals surface area contributed by atoms with E-state index in [9.17, 15) is 9.00 Å². The summed E-state index contributed by atoms with van der Waals surface area (Å²) in [5.74, 6) is -0.402. The monoisotopic (exact) mass is 301 g/mol. The van der Waals surface area contributed by atoms with Crippen LogP contribution in [0.3, 0.4) is 0 Å². The van der Waals surface area contributed by atoms with Crippen LogP contribution in [0.4, 0.5) is 0 Å². The van der Waals surface area contributed by atoms with Crippen LogP contribution in [-0.2, 0) is 10.8 Å². The summed E-state index contributed by atoms with van der Waals surface area (Å²) in [6, 6.07) is 6.57. The van der Waals surface area contributed by atoms with Crippen molar-refractivity contribution in [1.82, 2.24) is 14.9 Å². The average molecular weight is 302 g/mol. The highest BCUT2D eigenvalue weighted by atomic mass is 35.5. The fourth-order valence-electron chi connectivity index (χ4n) is 1.23. The third kappa shape index (κ3) is 2.58. The second kappa shape index (κ2) is 5.55. The fourth-order valence-corrected chi connectivity index (χ4v) is 3.33. The Morgan fingerprint density at radius 3 is 2.67 bits per heavy atom. The van der Waals surface area contributed by atoms with Crippen LogP contribution >= 0.6 is 23.1 Å². The summed E-state index contributed by atoms with van der Waals surface area (Å²) in [5.41, 5.74) is 0.0933. The van der Waals surface area contributed by atoms with Crippen LogP contribution in [-0.4, -0.2) is 26.8 Å². The molecule has 0 aliphatic rings. The molecule has 0 spiro atoms. The van der Waals surface area contributed by atoms with Gasteiger partial charge in [-0.3, -0.25) is 4.79 Å². The smallest absolute Gasteiger partial charge is 0.273 e. The molecule has 0 unspecified atom stereocenters. The molecule has 1 N–H and O–H groups in total. The van der Waals surface area contributed by atoms with Crippen molar-refractivity contribution in [3.63, 3.8) is 0 Å². The zero-order chi connectivity index (χ0) is 13.1. The van der Waals surface area contributed by atoms with Crippen molar-refractivity contribution in [2.45, 2.75) is 9.10 Å². The molecule has 0 radical (unpaired) electrons. The summed E-state index contributed by atoms with van der Waals surface area (Å²) in [5, 5.41) is 6.68. The van der Waals surface area contributed by atoms with E-state index < -0.39 is 16.7 Å². The highest BCUT2D eigenvalue weighted by molar-refractivity contribution is 7.87. The number of halogens is 1. The van der Waals surface area contributed by atoms with Gasteiger partial charge in [0.15, 0.2) is 9.90 Å². The zero-order valence-electron chi connectivity index (χ0n) is 9.21. The molecule has 5 nitrogen and oxygen atoms in total. The number of rotatable bonds is 3. The normalized spacial score (nSPS) is 12.1. The summed E-state index contributed by atoms with van der Waals surface area (Å²) < 4.78 is 16.3. The van der Waals surface area contributed by atoms with Crippen LogP contribution < -0.4 is 5.32 Å². The van der Waals surface area contributed by atoms with Gasteiger partial charge >= 0.3 is 0 Å². The number of hydrogen-bond donors (Lipinski definition) is 1. The van der Waals surface area contributed by atoms with E-state index in [0.29, 0.717) is 14.1 Å². The van der Waals surface area contributed by atoms with Gasteiger partial charge in [-0.05, 0) is 35.8 Å². The van der Waals surface area contributed by atoms with Gasteiger partial charge in [0.2, 0.25) is 0 Å². The highest BCUT2D eigenvalue weighted by Crippen LogP contribution is 2.23. The minimum absolute atomic E-state index is 0.0933. The molecule has 0 aliphatic heterocycles. The number of amides is 1. The van der Waals surface area contributed by atoms with E-state index in [-0.39, 0.29) is 5.69 Å². The Bertz CT molecular complexity index is 597. The number of aromatic nitrogens is 2. The van der Waals surface area contributed by atoms with Gasteiger partial charge in [-0.2, -0.15) is 0 Å². The Kier molecular flexibility index (Phi) is 4.05. The molecular formula is C10H8ClN3O2S2. The molecule has 94 valence electrons. The van der Waals surface area contributed by atoms with Crippen molar-refractivity contribution in [2.24, 2.45) is 0 Å². The highest BCUT2D eigenvalue weighted by Gasteiger charge is 2.21. The Balaban J connectivity index is 2.37. The van der Waals surface area contributed by atoms with Gasteiger partial charge < -0.3 is 5.32 Å². The molecule has 0 saturated heterocycles. The van der Waals surface area contributed by atoms with Crippen LogP contribution in [0.2, 0.25) is 5.02 Å². The van der Waals surface area contributed by atoms with Gasteiger partial charge in [0.1, 0.15) is 0 Å². The van der Waals surface area contributed by atoms with Crippen LogP contribution in [0.25, 0.3) is 0 Å². The van der Waals surface area contributed by atoms with E-state index in [1.165, 1.54) is 7.05 Å². The van der Waals surface area contributed by atoms with Crippen molar-refractivity contribution >= 4 is 39.8 Å². The molecule has 1 amide bonds. The van der Waals surface area contributed by atoms with Crippen LogP contribution in [0.1, 0.15) is 10.5 Å². The third-order valence-electron chi connectivity index (χ3n) is 2.10. The first kappa shape index (κ1) is 13.1. The van der Waals surface area contributed by atoms with Crippen molar-refractivity contribution in [2.75, 3.05) is 7.05 Å². The summed E-state index contributed by atoms with van der Waals surface area (Å²) in [6.45, 7) is 0. The minimum Gasteiger partial charge on any atom is -0.354 e. The van der Waals surface area contributed by atoms with E-state index in [1.807, 2.05) is 0 Å². The summed E-state index contributed by atoms with van der Waals surface area (Å²) >= 11 is 6.71. The lowest BCUT2D eigenvalue weighted by molar-refractivity contribution is 0.0955. The average Bonchev–Trinajstić information content (AvgIpc) is 2.87. The predicted molar refractivity (Wildman–Crippen MR) is 69.4 cm³/mol. The summed E-state index contributed by atoms with van der Waals surface area (Å²) in [4.78, 5) is 12.1. The van der Waals surface area contributed by atoms with Crippen molar-refractivity contribution in [3.8, 4) is 0 Å². The van der Waals surface area contributed by atoms with E-state index in [1.54, 1.807) is 24.3 Å². The van der Waals surface area contributed by atoms with Crippen molar-refractivity contribution in [1.29, 1.82) is 0 Å². The van der Waals surface area contributed by atoms with Crippen LogP contribution in [0.5, 0.6) is 0 Å². The summed E-state index contributed by atoms with van der Waals surface area (Å²) in [6.07, 6.45) is 0. The van der Waals surface area contributed by atoms with Gasteiger partial charge in [-0.15, -0.1) is 5.10 Å². The van der Waals surface area contributed by atoms with Gasteiger partial charge in [0.25, 0.3) is 5.91 Å². The lowest BCUT2D eigenvalue weighted by Crippen LogP contribution is -2.19. The molecule has 1 heterocycles.